The van der Waals surface area contributed by atoms with Crippen LogP contribution >= 0.6 is 11.6 Å². The Morgan fingerprint density at radius 1 is 0.688 bits per heavy atom. The highest BCUT2D eigenvalue weighted by Crippen LogP contribution is 2.26. The van der Waals surface area contributed by atoms with Gasteiger partial charge in [-0.15, -0.1) is 0 Å². The van der Waals surface area contributed by atoms with Crippen molar-refractivity contribution in [2.45, 2.75) is 13.5 Å². The molecule has 0 aliphatic rings. The Balaban J connectivity index is 0.000000523. The van der Waals surface area contributed by atoms with Gasteiger partial charge in [-0.1, -0.05) is 78.3 Å². The van der Waals surface area contributed by atoms with Gasteiger partial charge in [0.05, 0.1) is 5.02 Å². The smallest absolute Gasteiger partial charge is 0.418 e. The molecule has 164 valence electrons. The predicted octanol–water partition coefficient (Wildman–Crippen LogP) is 7.62. The summed E-state index contributed by atoms with van der Waals surface area (Å²) in [6.07, 6.45) is 0. The standard InChI is InChI=1S/C25H21ClN.BF4/c1-19-16-23(20-10-4-2-5-11-20)17-25(21-12-6-3-7-13-21)27(19)18-22-14-8-9-15-24(22)26;2-1(3,4)5/h2-17H,18H2,1H3;/q+1;-1. The van der Waals surface area contributed by atoms with Crippen molar-refractivity contribution in [3.8, 4) is 22.4 Å². The normalized spacial score (nSPS) is 10.9. The first-order chi connectivity index (χ1) is 15.2. The molecule has 0 atom stereocenters. The van der Waals surface area contributed by atoms with Crippen molar-refractivity contribution in [2.24, 2.45) is 0 Å². The van der Waals surface area contributed by atoms with Crippen LogP contribution in [0.4, 0.5) is 17.3 Å². The topological polar surface area (TPSA) is 3.88 Å². The number of hydrogen-bond acceptors (Lipinski definition) is 0. The summed E-state index contributed by atoms with van der Waals surface area (Å²) in [4.78, 5) is 0. The van der Waals surface area contributed by atoms with Crippen LogP contribution in [0.15, 0.2) is 97.1 Å². The fraction of sp³-hybridized carbons (Fsp3) is 0.0800. The number of benzene rings is 3. The minimum absolute atomic E-state index is 0.741. The highest BCUT2D eigenvalue weighted by molar-refractivity contribution is 6.50. The lowest BCUT2D eigenvalue weighted by Crippen LogP contribution is -2.40. The first-order valence-electron chi connectivity index (χ1n) is 9.98. The molecule has 1 aromatic heterocycles. The summed E-state index contributed by atoms with van der Waals surface area (Å²) >= 11 is 6.44. The van der Waals surface area contributed by atoms with E-state index in [-0.39, 0.29) is 0 Å². The number of rotatable bonds is 4. The Morgan fingerprint density at radius 3 is 1.75 bits per heavy atom. The second-order valence-electron chi connectivity index (χ2n) is 7.18. The fourth-order valence-corrected chi connectivity index (χ4v) is 3.61. The summed E-state index contributed by atoms with van der Waals surface area (Å²) in [6, 6.07) is 33.6. The van der Waals surface area contributed by atoms with Crippen LogP contribution in [0, 0.1) is 6.92 Å². The predicted molar refractivity (Wildman–Crippen MR) is 123 cm³/mol. The highest BCUT2D eigenvalue weighted by atomic mass is 35.5. The molecule has 4 rings (SSSR count). The third kappa shape index (κ3) is 6.69. The second-order valence-corrected chi connectivity index (χ2v) is 7.58. The molecular weight excluding hydrogens is 437 g/mol. The number of pyridine rings is 1. The zero-order valence-electron chi connectivity index (χ0n) is 17.4. The minimum Gasteiger partial charge on any atom is -0.418 e. The lowest BCUT2D eigenvalue weighted by atomic mass is 10.0. The summed E-state index contributed by atoms with van der Waals surface area (Å²) in [5.74, 6) is 0. The lowest BCUT2D eigenvalue weighted by molar-refractivity contribution is -0.683. The Labute approximate surface area is 190 Å². The zero-order chi connectivity index (χ0) is 23.1. The molecule has 0 saturated heterocycles. The van der Waals surface area contributed by atoms with E-state index in [0.717, 1.165) is 17.1 Å². The van der Waals surface area contributed by atoms with Gasteiger partial charge in [0, 0.05) is 30.2 Å². The van der Waals surface area contributed by atoms with Crippen molar-refractivity contribution in [1.82, 2.24) is 0 Å². The van der Waals surface area contributed by atoms with Gasteiger partial charge < -0.3 is 17.3 Å². The number of halogens is 5. The Bertz CT molecular complexity index is 1160. The minimum atomic E-state index is -6.00. The van der Waals surface area contributed by atoms with E-state index in [4.69, 9.17) is 11.6 Å². The monoisotopic (exact) mass is 457 g/mol. The molecule has 0 radical (unpaired) electrons. The molecule has 7 heteroatoms. The van der Waals surface area contributed by atoms with Crippen molar-refractivity contribution in [3.63, 3.8) is 0 Å². The maximum Gasteiger partial charge on any atom is 0.673 e. The van der Waals surface area contributed by atoms with Gasteiger partial charge in [0.1, 0.15) is 0 Å². The maximum atomic E-state index is 9.75. The average Bonchev–Trinajstić information content (AvgIpc) is 2.76. The molecule has 1 heterocycles. The van der Waals surface area contributed by atoms with Crippen molar-refractivity contribution < 1.29 is 21.8 Å². The van der Waals surface area contributed by atoms with Gasteiger partial charge in [0.25, 0.3) is 0 Å². The van der Waals surface area contributed by atoms with Crippen LogP contribution in [0.5, 0.6) is 0 Å². The molecule has 0 bridgehead atoms. The van der Waals surface area contributed by atoms with E-state index in [9.17, 15) is 17.3 Å². The summed E-state index contributed by atoms with van der Waals surface area (Å²) in [5, 5.41) is 0.801. The van der Waals surface area contributed by atoms with Crippen LogP contribution in [-0.2, 0) is 6.54 Å². The number of aromatic nitrogens is 1. The number of nitrogens with zero attached hydrogens (tertiary/aromatic N) is 1. The van der Waals surface area contributed by atoms with Crippen LogP contribution in [-0.4, -0.2) is 7.25 Å². The molecule has 3 aromatic carbocycles. The number of aryl methyl sites for hydroxylation is 1. The number of hydrogen-bond donors (Lipinski definition) is 0. The fourth-order valence-electron chi connectivity index (χ4n) is 3.41. The molecule has 1 nitrogen and oxygen atoms in total. The first kappa shape index (κ1) is 23.5. The summed E-state index contributed by atoms with van der Waals surface area (Å²) in [5.41, 5.74) is 7.16. The lowest BCUT2D eigenvalue weighted by Gasteiger charge is -2.11. The molecule has 32 heavy (non-hydrogen) atoms. The van der Waals surface area contributed by atoms with Gasteiger partial charge in [-0.25, -0.2) is 0 Å². The summed E-state index contributed by atoms with van der Waals surface area (Å²) in [6.45, 7) is 2.90. The van der Waals surface area contributed by atoms with E-state index in [1.807, 2.05) is 18.2 Å². The molecule has 0 N–H and O–H groups in total. The zero-order valence-corrected chi connectivity index (χ0v) is 18.1. The maximum absolute atomic E-state index is 9.75. The molecule has 0 unspecified atom stereocenters. The van der Waals surface area contributed by atoms with E-state index in [1.54, 1.807) is 0 Å². The van der Waals surface area contributed by atoms with Crippen molar-refractivity contribution >= 4 is 18.9 Å². The van der Waals surface area contributed by atoms with E-state index in [1.165, 1.54) is 28.1 Å². The molecule has 0 saturated carbocycles. The van der Waals surface area contributed by atoms with Crippen LogP contribution in [0.1, 0.15) is 11.3 Å². The van der Waals surface area contributed by atoms with E-state index >= 15 is 0 Å². The van der Waals surface area contributed by atoms with Crippen molar-refractivity contribution in [2.75, 3.05) is 0 Å². The van der Waals surface area contributed by atoms with Gasteiger partial charge in [-0.05, 0) is 29.3 Å². The third-order valence-corrected chi connectivity index (χ3v) is 5.20. The SMILES string of the molecule is Cc1cc(-c2ccccc2)cc(-c2ccccc2)[n+]1Cc1ccccc1Cl.F[B-](F)(F)F. The first-order valence-corrected chi connectivity index (χ1v) is 10.4. The Kier molecular flexibility index (Phi) is 7.70. The molecule has 0 amide bonds. The molecule has 0 aliphatic heterocycles. The third-order valence-electron chi connectivity index (χ3n) is 4.84. The molecular formula is C25H21BClF4N. The highest BCUT2D eigenvalue weighted by Gasteiger charge is 2.21. The molecule has 0 fully saturated rings. The average molecular weight is 458 g/mol. The Morgan fingerprint density at radius 2 is 1.19 bits per heavy atom. The van der Waals surface area contributed by atoms with Gasteiger partial charge >= 0.3 is 7.25 Å². The Hall–Kier alpha value is -3.12. The van der Waals surface area contributed by atoms with E-state index < -0.39 is 7.25 Å². The molecule has 0 spiro atoms. The van der Waals surface area contributed by atoms with Crippen molar-refractivity contribution in [1.29, 1.82) is 0 Å². The van der Waals surface area contributed by atoms with Crippen LogP contribution in [0.2, 0.25) is 5.02 Å². The van der Waals surface area contributed by atoms with Crippen LogP contribution < -0.4 is 4.57 Å². The van der Waals surface area contributed by atoms with Gasteiger partial charge in [0.15, 0.2) is 12.2 Å². The molecule has 4 aromatic rings. The largest absolute Gasteiger partial charge is 0.673 e. The van der Waals surface area contributed by atoms with Crippen molar-refractivity contribution in [3.05, 3.63) is 113 Å². The summed E-state index contributed by atoms with van der Waals surface area (Å²) in [7, 11) is -6.00. The van der Waals surface area contributed by atoms with E-state index in [0.29, 0.717) is 0 Å². The molecule has 0 aliphatic carbocycles. The van der Waals surface area contributed by atoms with Gasteiger partial charge in [-0.2, -0.15) is 4.57 Å². The summed E-state index contributed by atoms with van der Waals surface area (Å²) < 4.78 is 41.3. The van der Waals surface area contributed by atoms with Gasteiger partial charge in [0.2, 0.25) is 5.69 Å². The van der Waals surface area contributed by atoms with Crippen LogP contribution in [0.25, 0.3) is 22.4 Å². The van der Waals surface area contributed by atoms with Crippen LogP contribution in [0.3, 0.4) is 0 Å². The van der Waals surface area contributed by atoms with E-state index in [2.05, 4.69) is 90.4 Å². The quantitative estimate of drug-likeness (QED) is 0.169. The van der Waals surface area contributed by atoms with Gasteiger partial charge in [-0.3, -0.25) is 0 Å². The second kappa shape index (κ2) is 10.5.